The second kappa shape index (κ2) is 8.38. The van der Waals surface area contributed by atoms with Crippen molar-refractivity contribution in [3.05, 3.63) is 0 Å². The lowest BCUT2D eigenvalue weighted by atomic mass is 10.0. The van der Waals surface area contributed by atoms with Crippen LogP contribution in [0.1, 0.15) is 32.6 Å². The molecule has 5 nitrogen and oxygen atoms in total. The lowest BCUT2D eigenvalue weighted by Crippen LogP contribution is -2.48. The number of piperidine rings is 1. The van der Waals surface area contributed by atoms with Crippen molar-refractivity contribution in [1.29, 1.82) is 0 Å². The maximum absolute atomic E-state index is 11.8. The first-order valence-corrected chi connectivity index (χ1v) is 7.35. The number of rotatable bonds is 6. The van der Waals surface area contributed by atoms with Gasteiger partial charge < -0.3 is 20.2 Å². The maximum atomic E-state index is 11.8. The van der Waals surface area contributed by atoms with E-state index in [9.17, 15) is 4.79 Å². The Labute approximate surface area is 117 Å². The van der Waals surface area contributed by atoms with Crippen LogP contribution in [-0.4, -0.2) is 67.3 Å². The van der Waals surface area contributed by atoms with Crippen molar-refractivity contribution in [2.75, 3.05) is 40.3 Å². The molecule has 1 rings (SSSR count). The fraction of sp³-hybridized carbons (Fsp3) is 0.929. The van der Waals surface area contributed by atoms with Crippen molar-refractivity contribution in [3.63, 3.8) is 0 Å². The average molecular weight is 271 g/mol. The molecule has 0 spiro atoms. The zero-order valence-corrected chi connectivity index (χ0v) is 12.6. The van der Waals surface area contributed by atoms with Crippen LogP contribution in [0.15, 0.2) is 0 Å². The number of urea groups is 1. The quantitative estimate of drug-likeness (QED) is 0.712. The molecule has 2 amide bonds. The van der Waals surface area contributed by atoms with Gasteiger partial charge in [0, 0.05) is 39.8 Å². The molecule has 0 aromatic rings. The lowest BCUT2D eigenvalue weighted by Gasteiger charge is -2.34. The second-order valence-corrected chi connectivity index (χ2v) is 5.82. The first kappa shape index (κ1) is 16.2. The fourth-order valence-electron chi connectivity index (χ4n) is 2.41. The van der Waals surface area contributed by atoms with Crippen LogP contribution in [0.3, 0.4) is 0 Å². The molecule has 0 radical (unpaired) electrons. The molecule has 0 saturated carbocycles. The van der Waals surface area contributed by atoms with Gasteiger partial charge in [-0.2, -0.15) is 0 Å². The Morgan fingerprint density at radius 3 is 2.58 bits per heavy atom. The number of nitrogens with zero attached hydrogens (tertiary/aromatic N) is 2. The highest BCUT2D eigenvalue weighted by Gasteiger charge is 2.23. The molecule has 0 aromatic heterocycles. The van der Waals surface area contributed by atoms with Crippen molar-refractivity contribution in [2.45, 2.75) is 38.6 Å². The van der Waals surface area contributed by atoms with E-state index in [1.165, 1.54) is 0 Å². The largest absolute Gasteiger partial charge is 0.396 e. The maximum Gasteiger partial charge on any atom is 0.319 e. The van der Waals surface area contributed by atoms with Gasteiger partial charge in [0.1, 0.15) is 0 Å². The summed E-state index contributed by atoms with van der Waals surface area (Å²) in [5, 5.41) is 12.5. The van der Waals surface area contributed by atoms with Gasteiger partial charge in [-0.1, -0.05) is 6.92 Å². The zero-order valence-electron chi connectivity index (χ0n) is 12.6. The fourth-order valence-corrected chi connectivity index (χ4v) is 2.41. The van der Waals surface area contributed by atoms with Crippen LogP contribution in [0, 0.1) is 5.92 Å². The molecule has 1 heterocycles. The Balaban J connectivity index is 2.12. The third kappa shape index (κ3) is 5.78. The Hall–Kier alpha value is -0.810. The minimum absolute atomic E-state index is 0.121. The summed E-state index contributed by atoms with van der Waals surface area (Å²) < 4.78 is 0. The SMILES string of the molecule is CC(CO)CCCNC1CCN(C(=O)N(C)C)CC1. The zero-order chi connectivity index (χ0) is 14.3. The van der Waals surface area contributed by atoms with Crippen LogP contribution in [0.25, 0.3) is 0 Å². The molecule has 1 aliphatic rings. The summed E-state index contributed by atoms with van der Waals surface area (Å²) >= 11 is 0. The molecule has 0 aliphatic carbocycles. The average Bonchev–Trinajstić information content (AvgIpc) is 2.43. The van der Waals surface area contributed by atoms with Gasteiger partial charge in [0.25, 0.3) is 0 Å². The van der Waals surface area contributed by atoms with Gasteiger partial charge in [-0.25, -0.2) is 4.79 Å². The van der Waals surface area contributed by atoms with Gasteiger partial charge in [-0.05, 0) is 38.1 Å². The minimum Gasteiger partial charge on any atom is -0.396 e. The van der Waals surface area contributed by atoms with Crippen LogP contribution >= 0.6 is 0 Å². The van der Waals surface area contributed by atoms with Crippen LogP contribution in [-0.2, 0) is 0 Å². The van der Waals surface area contributed by atoms with Gasteiger partial charge in [0.05, 0.1) is 0 Å². The van der Waals surface area contributed by atoms with E-state index in [4.69, 9.17) is 5.11 Å². The Morgan fingerprint density at radius 2 is 2.05 bits per heavy atom. The summed E-state index contributed by atoms with van der Waals surface area (Å²) in [5.74, 6) is 0.404. The van der Waals surface area contributed by atoms with Gasteiger partial charge in [-0.3, -0.25) is 0 Å². The van der Waals surface area contributed by atoms with E-state index in [1.54, 1.807) is 19.0 Å². The first-order chi connectivity index (χ1) is 9.04. The minimum atomic E-state index is 0.121. The number of aliphatic hydroxyl groups excluding tert-OH is 1. The molecular weight excluding hydrogens is 242 g/mol. The van der Waals surface area contributed by atoms with E-state index in [0.29, 0.717) is 12.0 Å². The van der Waals surface area contributed by atoms with Gasteiger partial charge in [0.2, 0.25) is 0 Å². The number of hydrogen-bond donors (Lipinski definition) is 2. The lowest BCUT2D eigenvalue weighted by molar-refractivity contribution is 0.152. The third-order valence-electron chi connectivity index (χ3n) is 3.77. The standard InChI is InChI=1S/C14H29N3O2/c1-12(11-18)5-4-8-15-13-6-9-17(10-7-13)14(19)16(2)3/h12-13,15,18H,4-11H2,1-3H3. The highest BCUT2D eigenvalue weighted by atomic mass is 16.3. The molecule has 0 aromatic carbocycles. The molecule has 1 atom stereocenters. The Morgan fingerprint density at radius 1 is 1.42 bits per heavy atom. The molecule has 1 fully saturated rings. The summed E-state index contributed by atoms with van der Waals surface area (Å²) in [4.78, 5) is 15.3. The number of hydrogen-bond acceptors (Lipinski definition) is 3. The van der Waals surface area contributed by atoms with E-state index in [2.05, 4.69) is 12.2 Å². The number of amides is 2. The number of carbonyl (C=O) groups excluding carboxylic acids is 1. The molecule has 1 saturated heterocycles. The number of aliphatic hydroxyl groups is 1. The molecule has 19 heavy (non-hydrogen) atoms. The molecule has 0 bridgehead atoms. The van der Waals surface area contributed by atoms with Crippen LogP contribution < -0.4 is 5.32 Å². The summed E-state index contributed by atoms with van der Waals surface area (Å²) in [6.45, 7) is 5.07. The van der Waals surface area contributed by atoms with Crippen LogP contribution in [0.2, 0.25) is 0 Å². The van der Waals surface area contributed by atoms with Crippen LogP contribution in [0.5, 0.6) is 0 Å². The summed E-state index contributed by atoms with van der Waals surface area (Å²) in [6.07, 6.45) is 4.25. The molecule has 1 aliphatic heterocycles. The van der Waals surface area contributed by atoms with Crippen molar-refractivity contribution in [2.24, 2.45) is 5.92 Å². The topological polar surface area (TPSA) is 55.8 Å². The van der Waals surface area contributed by atoms with E-state index >= 15 is 0 Å². The van der Waals surface area contributed by atoms with E-state index in [1.807, 2.05) is 4.90 Å². The number of likely N-dealkylation sites (tertiary alicyclic amines) is 1. The second-order valence-electron chi connectivity index (χ2n) is 5.82. The first-order valence-electron chi connectivity index (χ1n) is 7.35. The Bertz CT molecular complexity index is 263. The third-order valence-corrected chi connectivity index (χ3v) is 3.77. The highest BCUT2D eigenvalue weighted by Crippen LogP contribution is 2.12. The van der Waals surface area contributed by atoms with Crippen LogP contribution in [0.4, 0.5) is 4.79 Å². The summed E-state index contributed by atoms with van der Waals surface area (Å²) in [6, 6.07) is 0.658. The van der Waals surface area contributed by atoms with Crippen molar-refractivity contribution < 1.29 is 9.90 Å². The number of nitrogens with one attached hydrogen (secondary N) is 1. The van der Waals surface area contributed by atoms with E-state index < -0.39 is 0 Å². The molecule has 1 unspecified atom stereocenters. The highest BCUT2D eigenvalue weighted by molar-refractivity contribution is 5.73. The molecule has 112 valence electrons. The predicted octanol–water partition coefficient (Wildman–Crippen LogP) is 1.13. The molecular formula is C14H29N3O2. The number of carbonyl (C=O) groups is 1. The van der Waals surface area contributed by atoms with Crippen molar-refractivity contribution in [1.82, 2.24) is 15.1 Å². The predicted molar refractivity (Wildman–Crippen MR) is 77.2 cm³/mol. The Kier molecular flexibility index (Phi) is 7.16. The molecule has 2 N–H and O–H groups in total. The van der Waals surface area contributed by atoms with Gasteiger partial charge in [0.15, 0.2) is 0 Å². The molecule has 5 heteroatoms. The summed E-state index contributed by atoms with van der Waals surface area (Å²) in [5.41, 5.74) is 0. The van der Waals surface area contributed by atoms with E-state index in [-0.39, 0.29) is 12.6 Å². The smallest absolute Gasteiger partial charge is 0.319 e. The van der Waals surface area contributed by atoms with Gasteiger partial charge >= 0.3 is 6.03 Å². The monoisotopic (exact) mass is 271 g/mol. The van der Waals surface area contributed by atoms with E-state index in [0.717, 1.165) is 45.3 Å². The summed E-state index contributed by atoms with van der Waals surface area (Å²) in [7, 11) is 3.60. The van der Waals surface area contributed by atoms with Crippen molar-refractivity contribution in [3.8, 4) is 0 Å². The normalized spacial score (nSPS) is 18.4. The van der Waals surface area contributed by atoms with Gasteiger partial charge in [-0.15, -0.1) is 0 Å². The van der Waals surface area contributed by atoms with Crippen molar-refractivity contribution >= 4 is 6.03 Å².